The molecule has 2 aromatic heterocycles. The SMILES string of the molecule is N#Cc1ccc(C(=O)Nc2nnc(NCCc3c[nH]c4ccccc34)s2)cc1. The Hall–Kier alpha value is -3.70. The van der Waals surface area contributed by atoms with Crippen LogP contribution in [0, 0.1) is 11.3 Å². The highest BCUT2D eigenvalue weighted by Crippen LogP contribution is 2.22. The third-order valence-corrected chi connectivity index (χ3v) is 5.06. The Kier molecular flexibility index (Phi) is 4.99. The highest BCUT2D eigenvalue weighted by atomic mass is 32.1. The van der Waals surface area contributed by atoms with Crippen LogP contribution in [0.25, 0.3) is 10.9 Å². The number of para-hydroxylation sites is 1. The van der Waals surface area contributed by atoms with Crippen LogP contribution in [0.1, 0.15) is 21.5 Å². The number of carbonyl (C=O) groups is 1. The molecular formula is C20H16N6OS. The van der Waals surface area contributed by atoms with E-state index in [1.807, 2.05) is 24.4 Å². The van der Waals surface area contributed by atoms with E-state index in [2.05, 4.69) is 37.9 Å². The van der Waals surface area contributed by atoms with Gasteiger partial charge in [0.05, 0.1) is 11.6 Å². The van der Waals surface area contributed by atoms with Gasteiger partial charge < -0.3 is 10.3 Å². The Morgan fingerprint density at radius 1 is 1.11 bits per heavy atom. The third-order valence-electron chi connectivity index (χ3n) is 4.27. The minimum Gasteiger partial charge on any atom is -0.361 e. The molecule has 4 rings (SSSR count). The number of carbonyl (C=O) groups excluding carboxylic acids is 1. The molecule has 0 aliphatic carbocycles. The Bertz CT molecular complexity index is 1160. The van der Waals surface area contributed by atoms with Crippen molar-refractivity contribution >= 4 is 38.4 Å². The van der Waals surface area contributed by atoms with Crippen LogP contribution in [0.15, 0.2) is 54.7 Å². The van der Waals surface area contributed by atoms with Gasteiger partial charge in [-0.1, -0.05) is 29.5 Å². The van der Waals surface area contributed by atoms with Crippen LogP contribution in [0.2, 0.25) is 0 Å². The van der Waals surface area contributed by atoms with E-state index in [1.54, 1.807) is 24.3 Å². The number of nitrogens with one attached hydrogen (secondary N) is 3. The Morgan fingerprint density at radius 2 is 1.89 bits per heavy atom. The average Bonchev–Trinajstić information content (AvgIpc) is 3.35. The fraction of sp³-hybridized carbons (Fsp3) is 0.100. The molecular weight excluding hydrogens is 372 g/mol. The number of aromatic nitrogens is 3. The Labute approximate surface area is 165 Å². The van der Waals surface area contributed by atoms with E-state index in [0.717, 1.165) is 11.9 Å². The molecule has 8 heteroatoms. The van der Waals surface area contributed by atoms with Crippen LogP contribution in [-0.4, -0.2) is 27.6 Å². The molecule has 2 heterocycles. The second-order valence-electron chi connectivity index (χ2n) is 6.09. The van der Waals surface area contributed by atoms with Crippen molar-refractivity contribution in [3.8, 4) is 6.07 Å². The summed E-state index contributed by atoms with van der Waals surface area (Å²) in [5, 5.41) is 25.1. The molecule has 1 amide bonds. The van der Waals surface area contributed by atoms with E-state index in [0.29, 0.717) is 27.9 Å². The zero-order chi connectivity index (χ0) is 19.3. The molecule has 7 nitrogen and oxygen atoms in total. The number of aromatic amines is 1. The number of nitrogens with zero attached hydrogens (tertiary/aromatic N) is 3. The van der Waals surface area contributed by atoms with E-state index in [1.165, 1.54) is 22.3 Å². The topological polar surface area (TPSA) is 106 Å². The molecule has 0 spiro atoms. The van der Waals surface area contributed by atoms with Crippen LogP contribution in [0.5, 0.6) is 0 Å². The lowest BCUT2D eigenvalue weighted by Crippen LogP contribution is -2.11. The van der Waals surface area contributed by atoms with Gasteiger partial charge >= 0.3 is 0 Å². The van der Waals surface area contributed by atoms with Crippen LogP contribution < -0.4 is 10.6 Å². The van der Waals surface area contributed by atoms with E-state index >= 15 is 0 Å². The molecule has 2 aromatic carbocycles. The maximum Gasteiger partial charge on any atom is 0.257 e. The summed E-state index contributed by atoms with van der Waals surface area (Å²) in [6, 6.07) is 16.6. The van der Waals surface area contributed by atoms with Crippen LogP contribution in [0.4, 0.5) is 10.3 Å². The lowest BCUT2D eigenvalue weighted by atomic mass is 10.1. The van der Waals surface area contributed by atoms with Gasteiger partial charge in [0.25, 0.3) is 5.91 Å². The number of fused-ring (bicyclic) bond motifs is 1. The minimum absolute atomic E-state index is 0.286. The molecule has 0 saturated carbocycles. The maximum absolute atomic E-state index is 12.2. The standard InChI is InChI=1S/C20H16N6OS/c21-11-13-5-7-14(8-6-13)18(27)24-20-26-25-19(28-20)22-10-9-15-12-23-17-4-2-1-3-16(15)17/h1-8,12,23H,9-10H2,(H,22,25)(H,24,26,27). The van der Waals surface area contributed by atoms with Gasteiger partial charge in [0.2, 0.25) is 10.3 Å². The second kappa shape index (κ2) is 7.90. The van der Waals surface area contributed by atoms with Gasteiger partial charge in [-0.05, 0) is 42.3 Å². The second-order valence-corrected chi connectivity index (χ2v) is 7.07. The van der Waals surface area contributed by atoms with Gasteiger partial charge in [-0.25, -0.2) is 0 Å². The first-order valence-electron chi connectivity index (χ1n) is 8.67. The third kappa shape index (κ3) is 3.84. The predicted molar refractivity (Wildman–Crippen MR) is 110 cm³/mol. The molecule has 0 bridgehead atoms. The molecule has 0 fully saturated rings. The summed E-state index contributed by atoms with van der Waals surface area (Å²) in [4.78, 5) is 15.5. The van der Waals surface area contributed by atoms with Gasteiger partial charge in [0.15, 0.2) is 0 Å². The Balaban J connectivity index is 1.32. The van der Waals surface area contributed by atoms with Crippen molar-refractivity contribution < 1.29 is 4.79 Å². The first-order chi connectivity index (χ1) is 13.7. The summed E-state index contributed by atoms with van der Waals surface area (Å²) in [5.41, 5.74) is 3.33. The van der Waals surface area contributed by atoms with Crippen molar-refractivity contribution in [1.82, 2.24) is 15.2 Å². The van der Waals surface area contributed by atoms with Crippen molar-refractivity contribution in [1.29, 1.82) is 5.26 Å². The molecule has 0 aliphatic rings. The predicted octanol–water partition coefficient (Wildman–Crippen LogP) is 3.80. The minimum atomic E-state index is -0.286. The quantitative estimate of drug-likeness (QED) is 0.466. The molecule has 3 N–H and O–H groups in total. The van der Waals surface area contributed by atoms with Crippen molar-refractivity contribution in [2.24, 2.45) is 0 Å². The molecule has 4 aromatic rings. The summed E-state index contributed by atoms with van der Waals surface area (Å²) >= 11 is 1.28. The number of anilines is 2. The van der Waals surface area contributed by atoms with Crippen LogP contribution in [0.3, 0.4) is 0 Å². The summed E-state index contributed by atoms with van der Waals surface area (Å²) in [6.45, 7) is 0.708. The number of nitriles is 1. The van der Waals surface area contributed by atoms with E-state index in [4.69, 9.17) is 5.26 Å². The van der Waals surface area contributed by atoms with Crippen LogP contribution in [-0.2, 0) is 6.42 Å². The van der Waals surface area contributed by atoms with Crippen LogP contribution >= 0.6 is 11.3 Å². The van der Waals surface area contributed by atoms with Crippen molar-refractivity contribution in [3.05, 3.63) is 71.4 Å². The Morgan fingerprint density at radius 3 is 2.71 bits per heavy atom. The average molecular weight is 388 g/mol. The molecule has 0 radical (unpaired) electrons. The van der Waals surface area contributed by atoms with Gasteiger partial charge in [0.1, 0.15) is 0 Å². The van der Waals surface area contributed by atoms with Crippen molar-refractivity contribution in [2.45, 2.75) is 6.42 Å². The number of amides is 1. The first kappa shape index (κ1) is 17.7. The zero-order valence-electron chi connectivity index (χ0n) is 14.8. The number of H-pyrrole nitrogens is 1. The summed E-state index contributed by atoms with van der Waals surface area (Å²) < 4.78 is 0. The molecule has 0 aliphatic heterocycles. The highest BCUT2D eigenvalue weighted by Gasteiger charge is 2.10. The van der Waals surface area contributed by atoms with E-state index < -0.39 is 0 Å². The molecule has 0 unspecified atom stereocenters. The lowest BCUT2D eigenvalue weighted by Gasteiger charge is -2.02. The van der Waals surface area contributed by atoms with Gasteiger partial charge in [-0.2, -0.15) is 5.26 Å². The summed E-state index contributed by atoms with van der Waals surface area (Å²) in [7, 11) is 0. The zero-order valence-corrected chi connectivity index (χ0v) is 15.6. The highest BCUT2D eigenvalue weighted by molar-refractivity contribution is 7.19. The largest absolute Gasteiger partial charge is 0.361 e. The fourth-order valence-corrected chi connectivity index (χ4v) is 3.52. The maximum atomic E-state index is 12.2. The van der Waals surface area contributed by atoms with E-state index in [-0.39, 0.29) is 5.91 Å². The fourth-order valence-electron chi connectivity index (χ4n) is 2.85. The van der Waals surface area contributed by atoms with Crippen molar-refractivity contribution in [2.75, 3.05) is 17.2 Å². The van der Waals surface area contributed by atoms with E-state index in [9.17, 15) is 4.79 Å². The lowest BCUT2D eigenvalue weighted by molar-refractivity contribution is 0.102. The first-order valence-corrected chi connectivity index (χ1v) is 9.48. The summed E-state index contributed by atoms with van der Waals surface area (Å²) in [6.07, 6.45) is 2.87. The number of rotatable bonds is 6. The number of hydrogen-bond acceptors (Lipinski definition) is 6. The number of benzene rings is 2. The molecule has 0 saturated heterocycles. The molecule has 28 heavy (non-hydrogen) atoms. The molecule has 0 atom stereocenters. The van der Waals surface area contributed by atoms with Gasteiger partial charge in [-0.15, -0.1) is 10.2 Å². The number of hydrogen-bond donors (Lipinski definition) is 3. The van der Waals surface area contributed by atoms with Crippen molar-refractivity contribution in [3.63, 3.8) is 0 Å². The normalized spacial score (nSPS) is 10.5. The smallest absolute Gasteiger partial charge is 0.257 e. The van der Waals surface area contributed by atoms with Gasteiger partial charge in [0, 0.05) is 29.2 Å². The summed E-state index contributed by atoms with van der Waals surface area (Å²) in [5.74, 6) is -0.286. The molecule has 138 valence electrons. The van der Waals surface area contributed by atoms with Gasteiger partial charge in [-0.3, -0.25) is 10.1 Å². The monoisotopic (exact) mass is 388 g/mol.